The van der Waals surface area contributed by atoms with Crippen molar-refractivity contribution in [3.63, 3.8) is 0 Å². The molecule has 0 saturated heterocycles. The molecule has 3 rings (SSSR count). The lowest BCUT2D eigenvalue weighted by Crippen LogP contribution is -2.30. The highest BCUT2D eigenvalue weighted by Crippen LogP contribution is 2.25. The fraction of sp³-hybridized carbons (Fsp3) is 0.158. The molecule has 0 saturated carbocycles. The zero-order valence-corrected chi connectivity index (χ0v) is 14.6. The number of hydrogen-bond donors (Lipinski definition) is 2. The first kappa shape index (κ1) is 17.8. The number of furan rings is 1. The van der Waals surface area contributed by atoms with E-state index in [0.29, 0.717) is 27.2 Å². The summed E-state index contributed by atoms with van der Waals surface area (Å²) in [5.74, 6) is -0.971. The average molecular weight is 374 g/mol. The molecule has 1 aromatic heterocycles. The summed E-state index contributed by atoms with van der Waals surface area (Å²) in [6, 6.07) is 11.4. The van der Waals surface area contributed by atoms with Crippen LogP contribution in [-0.4, -0.2) is 23.1 Å². The molecule has 26 heavy (non-hydrogen) atoms. The summed E-state index contributed by atoms with van der Waals surface area (Å²) in [5.41, 5.74) is 1.53. The monoisotopic (exact) mass is 373 g/mol. The van der Waals surface area contributed by atoms with E-state index in [4.69, 9.17) is 20.8 Å². The summed E-state index contributed by atoms with van der Waals surface area (Å²) < 4.78 is 10.5. The quantitative estimate of drug-likeness (QED) is 0.662. The molecule has 0 aliphatic heterocycles. The number of nitrogens with one attached hydrogen (secondary N) is 1. The summed E-state index contributed by atoms with van der Waals surface area (Å²) in [6.45, 7) is 1.48. The molecule has 7 heteroatoms. The van der Waals surface area contributed by atoms with Gasteiger partial charge >= 0.3 is 5.97 Å². The van der Waals surface area contributed by atoms with Crippen molar-refractivity contribution in [1.29, 1.82) is 0 Å². The van der Waals surface area contributed by atoms with Gasteiger partial charge in [-0.15, -0.1) is 0 Å². The number of phenolic OH excluding ortho intramolecular Hbond substituents is 1. The van der Waals surface area contributed by atoms with Crippen LogP contribution in [0.4, 0.5) is 5.69 Å². The number of rotatable bonds is 5. The number of hydrogen-bond acceptors (Lipinski definition) is 5. The third kappa shape index (κ3) is 3.97. The highest BCUT2D eigenvalue weighted by atomic mass is 35.5. The number of phenols is 1. The number of carbonyl (C=O) groups excluding carboxylic acids is 2. The number of esters is 1. The average Bonchev–Trinajstić information content (AvgIpc) is 2.98. The first-order chi connectivity index (χ1) is 12.4. The van der Waals surface area contributed by atoms with Crippen molar-refractivity contribution >= 4 is 40.1 Å². The molecule has 1 atom stereocenters. The summed E-state index contributed by atoms with van der Waals surface area (Å²) in [4.78, 5) is 24.3. The molecule has 2 N–H and O–H groups in total. The van der Waals surface area contributed by atoms with E-state index in [1.165, 1.54) is 25.3 Å². The van der Waals surface area contributed by atoms with E-state index >= 15 is 0 Å². The predicted octanol–water partition coefficient (Wildman–Crippen LogP) is 3.90. The molecule has 1 heterocycles. The smallest absolute Gasteiger partial charge is 0.311 e. The van der Waals surface area contributed by atoms with Crippen LogP contribution in [0.3, 0.4) is 0 Å². The van der Waals surface area contributed by atoms with E-state index < -0.39 is 18.0 Å². The normalized spacial score (nSPS) is 11.9. The number of fused-ring (bicyclic) bond motifs is 1. The minimum absolute atomic E-state index is 0.0541. The number of carbonyl (C=O) groups is 2. The van der Waals surface area contributed by atoms with E-state index in [1.54, 1.807) is 30.3 Å². The fourth-order valence-corrected chi connectivity index (χ4v) is 2.64. The van der Waals surface area contributed by atoms with Gasteiger partial charge < -0.3 is 19.6 Å². The highest BCUT2D eigenvalue weighted by molar-refractivity contribution is 6.33. The number of anilines is 1. The summed E-state index contributed by atoms with van der Waals surface area (Å²) in [6.07, 6.45) is 0.391. The van der Waals surface area contributed by atoms with Crippen molar-refractivity contribution in [3.05, 3.63) is 59.3 Å². The molecule has 134 valence electrons. The minimum Gasteiger partial charge on any atom is -0.508 e. The van der Waals surface area contributed by atoms with Crippen molar-refractivity contribution < 1.29 is 23.8 Å². The maximum atomic E-state index is 12.2. The Bertz CT molecular complexity index is 965. The third-order valence-corrected chi connectivity index (χ3v) is 4.11. The fourth-order valence-electron chi connectivity index (χ4n) is 2.45. The van der Waals surface area contributed by atoms with Crippen LogP contribution in [0.25, 0.3) is 11.0 Å². The lowest BCUT2D eigenvalue weighted by molar-refractivity contribution is -0.152. The van der Waals surface area contributed by atoms with Crippen molar-refractivity contribution in [1.82, 2.24) is 0 Å². The Morgan fingerprint density at radius 3 is 2.81 bits per heavy atom. The molecule has 0 aliphatic carbocycles. The minimum atomic E-state index is -0.985. The van der Waals surface area contributed by atoms with Crippen LogP contribution in [0.1, 0.15) is 12.5 Å². The van der Waals surface area contributed by atoms with Gasteiger partial charge in [0.2, 0.25) is 0 Å². The molecule has 2 aromatic carbocycles. The summed E-state index contributed by atoms with van der Waals surface area (Å²) in [7, 11) is 0. The van der Waals surface area contributed by atoms with E-state index in [9.17, 15) is 14.7 Å². The molecule has 0 bridgehead atoms. The van der Waals surface area contributed by atoms with E-state index in [-0.39, 0.29) is 12.2 Å². The summed E-state index contributed by atoms with van der Waals surface area (Å²) in [5, 5.41) is 13.1. The van der Waals surface area contributed by atoms with Crippen LogP contribution in [-0.2, 0) is 20.7 Å². The van der Waals surface area contributed by atoms with Gasteiger partial charge in [-0.3, -0.25) is 9.59 Å². The van der Waals surface area contributed by atoms with Gasteiger partial charge in [0.15, 0.2) is 6.10 Å². The second kappa shape index (κ2) is 7.49. The maximum absolute atomic E-state index is 12.2. The van der Waals surface area contributed by atoms with Gasteiger partial charge in [-0.1, -0.05) is 23.7 Å². The Kier molecular flexibility index (Phi) is 5.14. The first-order valence-electron chi connectivity index (χ1n) is 7.88. The Labute approximate surface area is 154 Å². The Hall–Kier alpha value is -2.99. The van der Waals surface area contributed by atoms with E-state index in [0.717, 1.165) is 0 Å². The van der Waals surface area contributed by atoms with Gasteiger partial charge in [-0.05, 0) is 31.2 Å². The van der Waals surface area contributed by atoms with E-state index in [2.05, 4.69) is 5.32 Å². The topological polar surface area (TPSA) is 88.8 Å². The molecular weight excluding hydrogens is 358 g/mol. The molecule has 0 radical (unpaired) electrons. The second-order valence-corrected chi connectivity index (χ2v) is 6.13. The van der Waals surface area contributed by atoms with Gasteiger partial charge in [0.25, 0.3) is 5.91 Å². The van der Waals surface area contributed by atoms with Gasteiger partial charge in [-0.2, -0.15) is 0 Å². The SMILES string of the molecule is C[C@H](OC(=O)Cc1coc2cc(O)ccc12)C(=O)Nc1ccccc1Cl. The molecule has 0 fully saturated rings. The standard InChI is InChI=1S/C19H16ClNO5/c1-11(19(24)21-16-5-3-2-4-15(16)20)26-18(23)8-12-10-25-17-9-13(22)6-7-14(12)17/h2-7,9-11,22H,8H2,1H3,(H,21,24)/t11-/m0/s1. The first-order valence-corrected chi connectivity index (χ1v) is 8.26. The molecule has 1 amide bonds. The highest BCUT2D eigenvalue weighted by Gasteiger charge is 2.20. The van der Waals surface area contributed by atoms with Gasteiger partial charge in [0.05, 0.1) is 23.4 Å². The number of benzene rings is 2. The Balaban J connectivity index is 1.61. The molecule has 0 aliphatic rings. The van der Waals surface area contributed by atoms with Crippen LogP contribution in [0.2, 0.25) is 5.02 Å². The second-order valence-electron chi connectivity index (χ2n) is 5.72. The lowest BCUT2D eigenvalue weighted by Gasteiger charge is -2.14. The van der Waals surface area contributed by atoms with Crippen LogP contribution in [0.15, 0.2) is 53.1 Å². The van der Waals surface area contributed by atoms with Gasteiger partial charge in [-0.25, -0.2) is 0 Å². The largest absolute Gasteiger partial charge is 0.508 e. The zero-order chi connectivity index (χ0) is 18.7. The summed E-state index contributed by atoms with van der Waals surface area (Å²) >= 11 is 5.99. The predicted molar refractivity (Wildman–Crippen MR) is 97.2 cm³/mol. The number of amides is 1. The van der Waals surface area contributed by atoms with Crippen molar-refractivity contribution in [3.8, 4) is 5.75 Å². The van der Waals surface area contributed by atoms with Crippen LogP contribution < -0.4 is 5.32 Å². The Morgan fingerprint density at radius 1 is 1.27 bits per heavy atom. The molecule has 6 nitrogen and oxygen atoms in total. The third-order valence-electron chi connectivity index (χ3n) is 3.78. The molecule has 0 unspecified atom stereocenters. The van der Waals surface area contributed by atoms with E-state index in [1.807, 2.05) is 0 Å². The van der Waals surface area contributed by atoms with Crippen molar-refractivity contribution in [2.24, 2.45) is 0 Å². The van der Waals surface area contributed by atoms with Crippen LogP contribution >= 0.6 is 11.6 Å². The number of halogens is 1. The zero-order valence-electron chi connectivity index (χ0n) is 13.9. The number of ether oxygens (including phenoxy) is 1. The molecule has 3 aromatic rings. The van der Waals surface area contributed by atoms with Gasteiger partial charge in [0.1, 0.15) is 11.3 Å². The molecular formula is C19H16ClNO5. The molecule has 0 spiro atoms. The maximum Gasteiger partial charge on any atom is 0.311 e. The number of para-hydroxylation sites is 1. The lowest BCUT2D eigenvalue weighted by atomic mass is 10.1. The number of aromatic hydroxyl groups is 1. The van der Waals surface area contributed by atoms with Gasteiger partial charge in [0, 0.05) is 17.0 Å². The van der Waals surface area contributed by atoms with Crippen molar-refractivity contribution in [2.45, 2.75) is 19.4 Å². The van der Waals surface area contributed by atoms with Crippen LogP contribution in [0.5, 0.6) is 5.75 Å². The Morgan fingerprint density at radius 2 is 2.04 bits per heavy atom. The van der Waals surface area contributed by atoms with Crippen molar-refractivity contribution in [2.75, 3.05) is 5.32 Å². The van der Waals surface area contributed by atoms with Crippen LogP contribution in [0, 0.1) is 0 Å².